The Labute approximate surface area is 123 Å². The lowest BCUT2D eigenvalue weighted by atomic mass is 10.1. The lowest BCUT2D eigenvalue weighted by molar-refractivity contribution is 0.0696. The summed E-state index contributed by atoms with van der Waals surface area (Å²) in [7, 11) is 0. The minimum Gasteiger partial charge on any atom is -0.478 e. The molecule has 1 N–H and O–H groups in total. The maximum atomic E-state index is 13.6. The zero-order valence-corrected chi connectivity index (χ0v) is 11.6. The first-order valence-electron chi connectivity index (χ1n) is 6.13. The summed E-state index contributed by atoms with van der Waals surface area (Å²) in [6.45, 7) is 0. The van der Waals surface area contributed by atoms with Crippen LogP contribution in [0.5, 0.6) is 0 Å². The van der Waals surface area contributed by atoms with E-state index < -0.39 is 5.97 Å². The summed E-state index contributed by atoms with van der Waals surface area (Å²) < 4.78 is 18.8. The number of hydrogen-bond acceptors (Lipinski definition) is 4. The van der Waals surface area contributed by atoms with Crippen LogP contribution in [0.2, 0.25) is 0 Å². The fraction of sp³-hybridized carbons (Fsp3) is 0.0667. The Bertz CT molecular complexity index is 794. The number of rotatable bonds is 4. The first-order valence-corrected chi connectivity index (χ1v) is 7.01. The number of aromatic carboxylic acids is 1. The zero-order valence-electron chi connectivity index (χ0n) is 10.7. The fourth-order valence-electron chi connectivity index (χ4n) is 1.89. The molecule has 0 radical (unpaired) electrons. The van der Waals surface area contributed by atoms with Crippen molar-refractivity contribution in [3.63, 3.8) is 0 Å². The SMILES string of the molecule is O=C(O)c1coc(-c2csc(Cc3ccccc3F)n2)c1. The van der Waals surface area contributed by atoms with Crippen LogP contribution in [0.15, 0.2) is 46.4 Å². The highest BCUT2D eigenvalue weighted by molar-refractivity contribution is 7.10. The smallest absolute Gasteiger partial charge is 0.338 e. The van der Waals surface area contributed by atoms with Gasteiger partial charge < -0.3 is 9.52 Å². The third-order valence-corrected chi connectivity index (χ3v) is 3.80. The fourth-order valence-corrected chi connectivity index (χ4v) is 2.70. The molecular weight excluding hydrogens is 293 g/mol. The van der Waals surface area contributed by atoms with E-state index in [0.29, 0.717) is 23.4 Å². The summed E-state index contributed by atoms with van der Waals surface area (Å²) in [6, 6.07) is 7.96. The average molecular weight is 303 g/mol. The van der Waals surface area contributed by atoms with Crippen LogP contribution in [0, 0.1) is 5.82 Å². The number of furan rings is 1. The number of hydrogen-bond donors (Lipinski definition) is 1. The number of nitrogens with zero attached hydrogens (tertiary/aromatic N) is 1. The molecule has 0 fully saturated rings. The van der Waals surface area contributed by atoms with Crippen LogP contribution in [0.1, 0.15) is 20.9 Å². The van der Waals surface area contributed by atoms with Gasteiger partial charge in [0.05, 0.1) is 10.6 Å². The van der Waals surface area contributed by atoms with Gasteiger partial charge in [0.1, 0.15) is 17.8 Å². The molecular formula is C15H10FNO3S. The minimum absolute atomic E-state index is 0.0775. The van der Waals surface area contributed by atoms with Gasteiger partial charge in [0, 0.05) is 17.9 Å². The maximum Gasteiger partial charge on any atom is 0.338 e. The first kappa shape index (κ1) is 13.5. The molecule has 106 valence electrons. The van der Waals surface area contributed by atoms with E-state index in [1.54, 1.807) is 23.6 Å². The van der Waals surface area contributed by atoms with Gasteiger partial charge in [-0.3, -0.25) is 0 Å². The second-order valence-electron chi connectivity index (χ2n) is 4.40. The van der Waals surface area contributed by atoms with Gasteiger partial charge in [0.15, 0.2) is 5.76 Å². The summed E-state index contributed by atoms with van der Waals surface area (Å²) in [4.78, 5) is 15.2. The van der Waals surface area contributed by atoms with Gasteiger partial charge >= 0.3 is 5.97 Å². The Balaban J connectivity index is 1.83. The molecule has 2 heterocycles. The van der Waals surface area contributed by atoms with E-state index in [-0.39, 0.29) is 11.4 Å². The molecule has 0 atom stereocenters. The molecule has 3 aromatic rings. The van der Waals surface area contributed by atoms with Gasteiger partial charge in [-0.2, -0.15) is 0 Å². The summed E-state index contributed by atoms with van der Waals surface area (Å²) in [6.07, 6.45) is 1.57. The number of carboxylic acids is 1. The van der Waals surface area contributed by atoms with Crippen LogP contribution in [0.25, 0.3) is 11.5 Å². The number of thiazole rings is 1. The van der Waals surface area contributed by atoms with Crippen molar-refractivity contribution in [2.75, 3.05) is 0 Å². The van der Waals surface area contributed by atoms with E-state index in [1.165, 1.54) is 29.7 Å². The Morgan fingerprint density at radius 3 is 2.90 bits per heavy atom. The molecule has 0 saturated heterocycles. The van der Waals surface area contributed by atoms with Crippen LogP contribution in [-0.2, 0) is 6.42 Å². The predicted molar refractivity (Wildman–Crippen MR) is 76.0 cm³/mol. The van der Waals surface area contributed by atoms with Crippen molar-refractivity contribution in [3.05, 3.63) is 63.9 Å². The van der Waals surface area contributed by atoms with Gasteiger partial charge in [-0.25, -0.2) is 14.2 Å². The van der Waals surface area contributed by atoms with Gasteiger partial charge in [0.25, 0.3) is 0 Å². The molecule has 0 amide bonds. The molecule has 0 bridgehead atoms. The molecule has 6 heteroatoms. The summed E-state index contributed by atoms with van der Waals surface area (Å²) in [5.41, 5.74) is 1.21. The van der Waals surface area contributed by atoms with Crippen molar-refractivity contribution in [2.24, 2.45) is 0 Å². The predicted octanol–water partition coefficient (Wildman–Crippen LogP) is 3.83. The van der Waals surface area contributed by atoms with Crippen molar-refractivity contribution in [1.29, 1.82) is 0 Å². The molecule has 0 spiro atoms. The van der Waals surface area contributed by atoms with Crippen molar-refractivity contribution in [1.82, 2.24) is 4.98 Å². The van der Waals surface area contributed by atoms with Crippen molar-refractivity contribution < 1.29 is 18.7 Å². The second-order valence-corrected chi connectivity index (χ2v) is 5.34. The Kier molecular flexibility index (Phi) is 3.53. The maximum absolute atomic E-state index is 13.6. The lowest BCUT2D eigenvalue weighted by Crippen LogP contribution is -1.92. The van der Waals surface area contributed by atoms with Crippen LogP contribution >= 0.6 is 11.3 Å². The average Bonchev–Trinajstić information content (AvgIpc) is 3.10. The van der Waals surface area contributed by atoms with E-state index >= 15 is 0 Å². The van der Waals surface area contributed by atoms with E-state index in [0.717, 1.165) is 5.01 Å². The van der Waals surface area contributed by atoms with Crippen molar-refractivity contribution in [3.8, 4) is 11.5 Å². The quantitative estimate of drug-likeness (QED) is 0.795. The van der Waals surface area contributed by atoms with Crippen molar-refractivity contribution in [2.45, 2.75) is 6.42 Å². The van der Waals surface area contributed by atoms with Gasteiger partial charge in [0.2, 0.25) is 0 Å². The third kappa shape index (κ3) is 2.85. The molecule has 0 unspecified atom stereocenters. The molecule has 1 aromatic carbocycles. The number of halogens is 1. The molecule has 21 heavy (non-hydrogen) atoms. The molecule has 3 rings (SSSR count). The van der Waals surface area contributed by atoms with E-state index in [9.17, 15) is 9.18 Å². The Hall–Kier alpha value is -2.47. The molecule has 0 saturated carbocycles. The van der Waals surface area contributed by atoms with Gasteiger partial charge in [-0.1, -0.05) is 18.2 Å². The van der Waals surface area contributed by atoms with Gasteiger partial charge in [-0.05, 0) is 11.6 Å². The van der Waals surface area contributed by atoms with E-state index in [1.807, 2.05) is 0 Å². The molecule has 0 aliphatic rings. The number of aromatic nitrogens is 1. The van der Waals surface area contributed by atoms with Crippen LogP contribution < -0.4 is 0 Å². The standard InChI is InChI=1S/C15H10FNO3S/c16-11-4-2-1-3-9(11)6-14-17-12(8-21-14)13-5-10(7-20-13)15(18)19/h1-5,7-8H,6H2,(H,18,19). The molecule has 2 aromatic heterocycles. The number of benzene rings is 1. The molecule has 4 nitrogen and oxygen atoms in total. The van der Waals surface area contributed by atoms with Crippen LogP contribution in [-0.4, -0.2) is 16.1 Å². The summed E-state index contributed by atoms with van der Waals surface area (Å²) >= 11 is 1.38. The number of carboxylic acid groups (broad SMARTS) is 1. The van der Waals surface area contributed by atoms with Crippen molar-refractivity contribution >= 4 is 17.3 Å². The first-order chi connectivity index (χ1) is 10.1. The highest BCUT2D eigenvalue weighted by Crippen LogP contribution is 2.25. The highest BCUT2D eigenvalue weighted by atomic mass is 32.1. The topological polar surface area (TPSA) is 63.3 Å². The number of carbonyl (C=O) groups is 1. The lowest BCUT2D eigenvalue weighted by Gasteiger charge is -1.99. The monoisotopic (exact) mass is 303 g/mol. The summed E-state index contributed by atoms with van der Waals surface area (Å²) in [5, 5.41) is 11.4. The normalized spacial score (nSPS) is 10.7. The Morgan fingerprint density at radius 1 is 1.38 bits per heavy atom. The molecule has 0 aliphatic carbocycles. The highest BCUT2D eigenvalue weighted by Gasteiger charge is 2.13. The Morgan fingerprint density at radius 2 is 2.19 bits per heavy atom. The zero-order chi connectivity index (χ0) is 14.8. The largest absolute Gasteiger partial charge is 0.478 e. The van der Waals surface area contributed by atoms with Crippen LogP contribution in [0.4, 0.5) is 4.39 Å². The molecule has 0 aliphatic heterocycles. The van der Waals surface area contributed by atoms with E-state index in [2.05, 4.69) is 4.98 Å². The van der Waals surface area contributed by atoms with Crippen LogP contribution in [0.3, 0.4) is 0 Å². The minimum atomic E-state index is -1.05. The summed E-state index contributed by atoms with van der Waals surface area (Å²) in [5.74, 6) is -0.921. The second kappa shape index (κ2) is 5.49. The van der Waals surface area contributed by atoms with E-state index in [4.69, 9.17) is 9.52 Å². The van der Waals surface area contributed by atoms with Gasteiger partial charge in [-0.15, -0.1) is 11.3 Å². The third-order valence-electron chi connectivity index (χ3n) is 2.95.